The topological polar surface area (TPSA) is 111 Å². The van der Waals surface area contributed by atoms with Gasteiger partial charge in [-0.15, -0.1) is 0 Å². The fourth-order valence-electron chi connectivity index (χ4n) is 4.55. The number of nitrogens with zero attached hydrogens (tertiary/aromatic N) is 4. The molecule has 1 saturated heterocycles. The third kappa shape index (κ3) is 7.94. The molecule has 0 spiro atoms. The van der Waals surface area contributed by atoms with E-state index >= 15 is 0 Å². The highest BCUT2D eigenvalue weighted by molar-refractivity contribution is 6.32. The van der Waals surface area contributed by atoms with Gasteiger partial charge in [0.25, 0.3) is 0 Å². The van der Waals surface area contributed by atoms with Crippen molar-refractivity contribution in [3.8, 4) is 11.5 Å². The minimum atomic E-state index is -0.345. The molecule has 2 N–H and O–H groups in total. The number of hydrogen-bond donors (Lipinski definition) is 2. The number of hydrogen-bond acceptors (Lipinski definition) is 9. The number of aromatic nitrogens is 3. The average Bonchev–Trinajstić information content (AvgIpc) is 2.98. The van der Waals surface area contributed by atoms with E-state index in [0.29, 0.717) is 57.8 Å². The number of fused-ring (bicyclic) bond motifs is 1. The van der Waals surface area contributed by atoms with Gasteiger partial charge >= 0.3 is 0 Å². The lowest BCUT2D eigenvalue weighted by Crippen LogP contribution is -2.33. The van der Waals surface area contributed by atoms with Gasteiger partial charge in [-0.25, -0.2) is 9.97 Å². The summed E-state index contributed by atoms with van der Waals surface area (Å²) in [6.45, 7) is 8.61. The van der Waals surface area contributed by atoms with Crippen molar-refractivity contribution in [2.75, 3.05) is 50.1 Å². The van der Waals surface area contributed by atoms with Crippen LogP contribution in [0.4, 0.5) is 17.2 Å². The zero-order chi connectivity index (χ0) is 29.1. The Morgan fingerprint density at radius 3 is 2.67 bits per heavy atom. The average molecular weight is 589 g/mol. The van der Waals surface area contributed by atoms with Crippen LogP contribution in [0.25, 0.3) is 10.9 Å². The maximum absolute atomic E-state index is 12.3. The van der Waals surface area contributed by atoms with Crippen LogP contribution in [0.1, 0.15) is 18.5 Å². The molecular formula is C31H33ClN6O4. The molecular weight excluding hydrogens is 556 g/mol. The summed E-state index contributed by atoms with van der Waals surface area (Å²) in [5.74, 6) is 1.26. The number of nitrogens with one attached hydrogen (secondary N) is 2. The minimum Gasteiger partial charge on any atom is -0.490 e. The number of amides is 1. The molecule has 2 aromatic carbocycles. The summed E-state index contributed by atoms with van der Waals surface area (Å²) in [4.78, 5) is 27.8. The van der Waals surface area contributed by atoms with Crippen molar-refractivity contribution < 1.29 is 19.0 Å². The molecule has 1 aliphatic heterocycles. The summed E-state index contributed by atoms with van der Waals surface area (Å²) in [6.07, 6.45) is 6.41. The van der Waals surface area contributed by atoms with Gasteiger partial charge in [0.1, 0.15) is 36.9 Å². The Hall–Kier alpha value is -4.25. The number of anilines is 3. The van der Waals surface area contributed by atoms with Crippen LogP contribution >= 0.6 is 11.6 Å². The summed E-state index contributed by atoms with van der Waals surface area (Å²) in [5, 5.41) is 7.30. The number of ether oxygens (including phenoxy) is 3. The van der Waals surface area contributed by atoms with Gasteiger partial charge in [-0.05, 0) is 55.3 Å². The Labute approximate surface area is 249 Å². The molecule has 0 atom stereocenters. The molecule has 3 heterocycles. The van der Waals surface area contributed by atoms with E-state index in [0.717, 1.165) is 51.4 Å². The van der Waals surface area contributed by atoms with E-state index in [-0.39, 0.29) is 5.91 Å². The number of pyridine rings is 1. The van der Waals surface area contributed by atoms with Gasteiger partial charge in [0.2, 0.25) is 5.91 Å². The minimum absolute atomic E-state index is 0.306. The molecule has 11 heteroatoms. The lowest BCUT2D eigenvalue weighted by Gasteiger charge is -2.24. The molecule has 5 rings (SSSR count). The van der Waals surface area contributed by atoms with E-state index in [1.807, 2.05) is 30.3 Å². The van der Waals surface area contributed by atoms with Crippen LogP contribution in [0, 0.1) is 0 Å². The highest BCUT2D eigenvalue weighted by Crippen LogP contribution is 2.35. The third-order valence-corrected chi connectivity index (χ3v) is 6.96. The van der Waals surface area contributed by atoms with Gasteiger partial charge in [-0.2, -0.15) is 0 Å². The van der Waals surface area contributed by atoms with Crippen molar-refractivity contribution in [2.45, 2.75) is 19.4 Å². The number of carbonyl (C=O) groups is 1. The number of carbonyl (C=O) groups excluding carboxylic acids is 1. The monoisotopic (exact) mass is 588 g/mol. The molecule has 1 amide bonds. The molecule has 42 heavy (non-hydrogen) atoms. The molecule has 0 radical (unpaired) electrons. The standard InChI is InChI=1S/C31H33ClN6O4/c1-2-30(39)37-27-18-24-26(19-29(27)41-16-13-38-11-5-14-40-15-6-12-38)34-21-35-31(24)36-22-8-9-28(25(32)17-22)42-20-23-7-3-4-10-33-23/h2-4,7-10,17-19,21H,1,5-6,11-16,20H2,(H,37,39)(H,34,35,36). The summed E-state index contributed by atoms with van der Waals surface area (Å²) in [7, 11) is 0. The Morgan fingerprint density at radius 2 is 1.90 bits per heavy atom. The first-order valence-corrected chi connectivity index (χ1v) is 14.2. The SMILES string of the molecule is C=CC(=O)Nc1cc2c(Nc3ccc(OCc4ccccn4)c(Cl)c3)ncnc2cc1OCCN1CCCOCCC1. The molecule has 0 bridgehead atoms. The van der Waals surface area contributed by atoms with E-state index in [9.17, 15) is 4.79 Å². The van der Waals surface area contributed by atoms with E-state index in [2.05, 4.69) is 37.1 Å². The predicted molar refractivity (Wildman–Crippen MR) is 164 cm³/mol. The van der Waals surface area contributed by atoms with E-state index < -0.39 is 0 Å². The summed E-state index contributed by atoms with van der Waals surface area (Å²) in [5.41, 5.74) is 2.67. The molecule has 0 aliphatic carbocycles. The summed E-state index contributed by atoms with van der Waals surface area (Å²) in [6, 6.07) is 14.7. The number of halogens is 1. The van der Waals surface area contributed by atoms with Crippen molar-refractivity contribution in [2.24, 2.45) is 0 Å². The first-order chi connectivity index (χ1) is 20.6. The van der Waals surface area contributed by atoms with Gasteiger partial charge in [0.05, 0.1) is 21.9 Å². The molecule has 10 nitrogen and oxygen atoms in total. The van der Waals surface area contributed by atoms with Crippen LogP contribution < -0.4 is 20.1 Å². The second-order valence-electron chi connectivity index (χ2n) is 9.67. The summed E-state index contributed by atoms with van der Waals surface area (Å²) >= 11 is 6.52. The van der Waals surface area contributed by atoms with Crippen molar-refractivity contribution >= 4 is 45.6 Å². The van der Waals surface area contributed by atoms with E-state index in [1.165, 1.54) is 12.4 Å². The maximum atomic E-state index is 12.3. The normalized spacial score (nSPS) is 14.0. The zero-order valence-corrected chi connectivity index (χ0v) is 24.0. The lowest BCUT2D eigenvalue weighted by molar-refractivity contribution is -0.111. The quantitative estimate of drug-likeness (QED) is 0.216. The second-order valence-corrected chi connectivity index (χ2v) is 10.1. The van der Waals surface area contributed by atoms with Gasteiger partial charge in [-0.3, -0.25) is 14.7 Å². The van der Waals surface area contributed by atoms with Crippen LogP contribution in [0.3, 0.4) is 0 Å². The van der Waals surface area contributed by atoms with Gasteiger partial charge < -0.3 is 24.8 Å². The van der Waals surface area contributed by atoms with Crippen molar-refractivity contribution in [3.63, 3.8) is 0 Å². The molecule has 4 aromatic rings. The van der Waals surface area contributed by atoms with E-state index in [4.69, 9.17) is 25.8 Å². The fraction of sp³-hybridized carbons (Fsp3) is 0.290. The van der Waals surface area contributed by atoms with E-state index in [1.54, 1.807) is 24.4 Å². The van der Waals surface area contributed by atoms with Crippen molar-refractivity contribution in [1.29, 1.82) is 0 Å². The zero-order valence-electron chi connectivity index (χ0n) is 23.2. The highest BCUT2D eigenvalue weighted by Gasteiger charge is 2.15. The maximum Gasteiger partial charge on any atom is 0.247 e. The van der Waals surface area contributed by atoms with Crippen LogP contribution in [-0.2, 0) is 16.1 Å². The first-order valence-electron chi connectivity index (χ1n) is 13.8. The highest BCUT2D eigenvalue weighted by atomic mass is 35.5. The predicted octanol–water partition coefficient (Wildman–Crippen LogP) is 5.62. The summed E-state index contributed by atoms with van der Waals surface area (Å²) < 4.78 is 17.6. The Bertz CT molecular complexity index is 1510. The fourth-order valence-corrected chi connectivity index (χ4v) is 4.79. The second kappa shape index (κ2) is 14.6. The Balaban J connectivity index is 1.32. The van der Waals surface area contributed by atoms with Gasteiger partial charge in [0.15, 0.2) is 0 Å². The Morgan fingerprint density at radius 1 is 1.05 bits per heavy atom. The first kappa shape index (κ1) is 29.2. The number of rotatable bonds is 11. The van der Waals surface area contributed by atoms with Crippen molar-refractivity contribution in [1.82, 2.24) is 19.9 Å². The molecule has 218 valence electrons. The lowest BCUT2D eigenvalue weighted by atomic mass is 10.1. The Kier molecular flexibility index (Phi) is 10.2. The van der Waals surface area contributed by atoms with Crippen LogP contribution in [0.15, 0.2) is 73.7 Å². The van der Waals surface area contributed by atoms with Crippen molar-refractivity contribution in [3.05, 3.63) is 84.4 Å². The van der Waals surface area contributed by atoms with Crippen LogP contribution in [0.5, 0.6) is 11.5 Å². The van der Waals surface area contributed by atoms with Gasteiger partial charge in [0, 0.05) is 56.2 Å². The van der Waals surface area contributed by atoms with Gasteiger partial charge in [-0.1, -0.05) is 24.2 Å². The number of benzene rings is 2. The molecule has 0 saturated carbocycles. The molecule has 1 fully saturated rings. The molecule has 1 aliphatic rings. The smallest absolute Gasteiger partial charge is 0.247 e. The molecule has 0 unspecified atom stereocenters. The van der Waals surface area contributed by atoms with Crippen LogP contribution in [0.2, 0.25) is 5.02 Å². The molecule has 2 aromatic heterocycles. The van der Waals surface area contributed by atoms with Crippen LogP contribution in [-0.4, -0.2) is 65.2 Å². The largest absolute Gasteiger partial charge is 0.490 e. The third-order valence-electron chi connectivity index (χ3n) is 6.67.